The number of nitrogens with zero attached hydrogens (tertiary/aromatic N) is 2. The van der Waals surface area contributed by atoms with Crippen LogP contribution in [0.15, 0.2) is 36.4 Å². The Hall–Kier alpha value is -2.64. The van der Waals surface area contributed by atoms with E-state index in [1.54, 1.807) is 26.4 Å². The third-order valence-corrected chi connectivity index (χ3v) is 5.18. The fourth-order valence-corrected chi connectivity index (χ4v) is 3.62. The van der Waals surface area contributed by atoms with E-state index in [0.717, 1.165) is 18.5 Å². The number of β-amino-alcohol motifs (C(OH)–C–C–N with tert-alkyl or cyclic N) is 1. The van der Waals surface area contributed by atoms with Crippen molar-refractivity contribution in [1.82, 2.24) is 4.90 Å². The van der Waals surface area contributed by atoms with Gasteiger partial charge < -0.3 is 14.6 Å². The van der Waals surface area contributed by atoms with Crippen LogP contribution in [0.3, 0.4) is 0 Å². The number of hydrogen-bond donors (Lipinski definition) is 1. The summed E-state index contributed by atoms with van der Waals surface area (Å²) in [6.45, 7) is 3.27. The van der Waals surface area contributed by atoms with Crippen molar-refractivity contribution in [2.45, 2.75) is 25.5 Å². The van der Waals surface area contributed by atoms with E-state index in [1.807, 2.05) is 12.1 Å². The van der Waals surface area contributed by atoms with Crippen molar-refractivity contribution in [3.8, 4) is 11.5 Å². The van der Waals surface area contributed by atoms with E-state index in [2.05, 4.69) is 11.8 Å². The van der Waals surface area contributed by atoms with E-state index in [-0.39, 0.29) is 11.7 Å². The Bertz CT molecular complexity index is 839. The molecule has 0 spiro atoms. The van der Waals surface area contributed by atoms with Crippen LogP contribution in [-0.4, -0.2) is 42.2 Å². The summed E-state index contributed by atoms with van der Waals surface area (Å²) >= 11 is 0. The molecule has 2 aromatic rings. The molecule has 2 aromatic carbocycles. The van der Waals surface area contributed by atoms with Crippen LogP contribution in [0.4, 0.5) is 5.69 Å². The zero-order valence-electron chi connectivity index (χ0n) is 15.7. The molecule has 1 aliphatic rings. The standard InChI is InChI=1S/C20H24N2O5/c1-13-17-11-20(27-3)19(26-2)10-14(17)7-8-21(13)12-18(23)15-5-4-6-16(9-15)22(24)25/h4-6,9-11,13,18,23H,7-8,12H2,1-3H3. The third-order valence-electron chi connectivity index (χ3n) is 5.18. The van der Waals surface area contributed by atoms with Crippen LogP contribution in [0.1, 0.15) is 35.8 Å². The first kappa shape index (κ1) is 19.1. The fraction of sp³-hybridized carbons (Fsp3) is 0.400. The van der Waals surface area contributed by atoms with Crippen LogP contribution in [0.5, 0.6) is 11.5 Å². The number of rotatable bonds is 6. The van der Waals surface area contributed by atoms with Crippen LogP contribution in [0, 0.1) is 10.1 Å². The summed E-state index contributed by atoms with van der Waals surface area (Å²) in [5, 5.41) is 21.6. The molecule has 1 aliphatic heterocycles. The third kappa shape index (κ3) is 3.89. The maximum Gasteiger partial charge on any atom is 0.269 e. The first-order valence-corrected chi connectivity index (χ1v) is 8.85. The molecule has 0 aliphatic carbocycles. The van der Waals surface area contributed by atoms with Crippen LogP contribution in [-0.2, 0) is 6.42 Å². The van der Waals surface area contributed by atoms with E-state index >= 15 is 0 Å². The number of hydrogen-bond acceptors (Lipinski definition) is 6. The van der Waals surface area contributed by atoms with Crippen LogP contribution < -0.4 is 9.47 Å². The van der Waals surface area contributed by atoms with Crippen LogP contribution in [0.2, 0.25) is 0 Å². The van der Waals surface area contributed by atoms with Gasteiger partial charge in [0.1, 0.15) is 0 Å². The Morgan fingerprint density at radius 1 is 1.26 bits per heavy atom. The van der Waals surface area contributed by atoms with Crippen molar-refractivity contribution in [2.75, 3.05) is 27.3 Å². The molecule has 0 saturated heterocycles. The van der Waals surface area contributed by atoms with Crippen molar-refractivity contribution in [1.29, 1.82) is 0 Å². The second-order valence-electron chi connectivity index (χ2n) is 6.69. The molecule has 0 bridgehead atoms. The van der Waals surface area contributed by atoms with Gasteiger partial charge in [-0.05, 0) is 42.2 Å². The van der Waals surface area contributed by atoms with Gasteiger partial charge in [0.15, 0.2) is 11.5 Å². The van der Waals surface area contributed by atoms with E-state index in [9.17, 15) is 15.2 Å². The summed E-state index contributed by atoms with van der Waals surface area (Å²) in [6, 6.07) is 10.3. The average molecular weight is 372 g/mol. The first-order chi connectivity index (χ1) is 12.9. The van der Waals surface area contributed by atoms with Gasteiger partial charge in [0.25, 0.3) is 5.69 Å². The van der Waals surface area contributed by atoms with Gasteiger partial charge in [0.05, 0.1) is 25.2 Å². The molecule has 0 fully saturated rings. The van der Waals surface area contributed by atoms with Gasteiger partial charge in [-0.3, -0.25) is 15.0 Å². The zero-order chi connectivity index (χ0) is 19.6. The number of aliphatic hydroxyl groups is 1. The number of methoxy groups -OCH3 is 2. The van der Waals surface area contributed by atoms with Gasteiger partial charge >= 0.3 is 0 Å². The van der Waals surface area contributed by atoms with Gasteiger partial charge in [0.2, 0.25) is 0 Å². The lowest BCUT2D eigenvalue weighted by Gasteiger charge is -2.36. The van der Waals surface area contributed by atoms with E-state index < -0.39 is 11.0 Å². The molecule has 1 heterocycles. The molecule has 1 N–H and O–H groups in total. The number of nitro groups is 1. The highest BCUT2D eigenvalue weighted by Crippen LogP contribution is 2.38. The lowest BCUT2D eigenvalue weighted by molar-refractivity contribution is -0.385. The molecule has 144 valence electrons. The summed E-state index contributed by atoms with van der Waals surface area (Å²) in [6.07, 6.45) is 0.0378. The Labute approximate surface area is 158 Å². The molecule has 0 amide bonds. The maximum atomic E-state index is 11.0. The fourth-order valence-electron chi connectivity index (χ4n) is 3.62. The topological polar surface area (TPSA) is 85.1 Å². The van der Waals surface area contributed by atoms with Gasteiger partial charge in [-0.1, -0.05) is 12.1 Å². The minimum Gasteiger partial charge on any atom is -0.493 e. The lowest BCUT2D eigenvalue weighted by atomic mass is 9.92. The highest BCUT2D eigenvalue weighted by molar-refractivity contribution is 5.49. The van der Waals surface area contributed by atoms with E-state index in [0.29, 0.717) is 23.6 Å². The number of aliphatic hydroxyl groups excluding tert-OH is 1. The molecule has 0 aromatic heterocycles. The molecule has 7 heteroatoms. The SMILES string of the molecule is COc1cc2c(cc1OC)C(C)N(CC(O)c1cccc([N+](=O)[O-])c1)CC2. The summed E-state index contributed by atoms with van der Waals surface area (Å²) in [5.41, 5.74) is 2.89. The molecule has 7 nitrogen and oxygen atoms in total. The highest BCUT2D eigenvalue weighted by Gasteiger charge is 2.28. The van der Waals surface area contributed by atoms with Gasteiger partial charge in [-0.2, -0.15) is 0 Å². The minimum absolute atomic E-state index is 0.0135. The largest absolute Gasteiger partial charge is 0.493 e. The van der Waals surface area contributed by atoms with Crippen molar-refractivity contribution < 1.29 is 19.5 Å². The predicted molar refractivity (Wildman–Crippen MR) is 101 cm³/mol. The molecule has 2 atom stereocenters. The Morgan fingerprint density at radius 2 is 1.96 bits per heavy atom. The molecular weight excluding hydrogens is 348 g/mol. The molecule has 0 radical (unpaired) electrons. The van der Waals surface area contributed by atoms with Gasteiger partial charge in [-0.25, -0.2) is 0 Å². The number of ether oxygens (including phenoxy) is 2. The van der Waals surface area contributed by atoms with Crippen molar-refractivity contribution in [3.63, 3.8) is 0 Å². The second kappa shape index (κ2) is 7.94. The Morgan fingerprint density at radius 3 is 2.63 bits per heavy atom. The normalized spacial score (nSPS) is 17.9. The number of benzene rings is 2. The molecule has 2 unspecified atom stereocenters. The molecule has 3 rings (SSSR count). The molecule has 27 heavy (non-hydrogen) atoms. The summed E-state index contributed by atoms with van der Waals surface area (Å²) in [5.74, 6) is 1.40. The minimum atomic E-state index is -0.797. The quantitative estimate of drug-likeness (QED) is 0.619. The number of nitro benzene ring substituents is 1. The lowest BCUT2D eigenvalue weighted by Crippen LogP contribution is -2.37. The smallest absolute Gasteiger partial charge is 0.269 e. The van der Waals surface area contributed by atoms with E-state index in [1.165, 1.54) is 17.7 Å². The van der Waals surface area contributed by atoms with Crippen molar-refractivity contribution in [3.05, 3.63) is 63.2 Å². The van der Waals surface area contributed by atoms with Gasteiger partial charge in [0, 0.05) is 31.3 Å². The summed E-state index contributed by atoms with van der Waals surface area (Å²) in [4.78, 5) is 12.7. The predicted octanol–water partition coefficient (Wildman–Crippen LogP) is 3.26. The maximum absolute atomic E-state index is 11.0. The monoisotopic (exact) mass is 372 g/mol. The number of non-ortho nitro benzene ring substituents is 1. The summed E-state index contributed by atoms with van der Waals surface area (Å²) in [7, 11) is 3.24. The van der Waals surface area contributed by atoms with E-state index in [4.69, 9.17) is 9.47 Å². The second-order valence-corrected chi connectivity index (χ2v) is 6.69. The molecular formula is C20H24N2O5. The average Bonchev–Trinajstić information content (AvgIpc) is 2.69. The number of fused-ring (bicyclic) bond motifs is 1. The van der Waals surface area contributed by atoms with Crippen molar-refractivity contribution in [2.24, 2.45) is 0 Å². The summed E-state index contributed by atoms with van der Waals surface area (Å²) < 4.78 is 10.8. The Balaban J connectivity index is 1.80. The van der Waals surface area contributed by atoms with Crippen LogP contribution >= 0.6 is 0 Å². The highest BCUT2D eigenvalue weighted by atomic mass is 16.6. The zero-order valence-corrected chi connectivity index (χ0v) is 15.7. The molecule has 0 saturated carbocycles. The van der Waals surface area contributed by atoms with Gasteiger partial charge in [-0.15, -0.1) is 0 Å². The van der Waals surface area contributed by atoms with Crippen molar-refractivity contribution >= 4 is 5.69 Å². The Kier molecular flexibility index (Phi) is 5.62. The van der Waals surface area contributed by atoms with Crippen LogP contribution in [0.25, 0.3) is 0 Å². The first-order valence-electron chi connectivity index (χ1n) is 8.85.